The lowest BCUT2D eigenvalue weighted by Crippen LogP contribution is -2.39. The first-order valence-electron chi connectivity index (χ1n) is 6.87. The predicted octanol–water partition coefficient (Wildman–Crippen LogP) is 1.05. The first-order valence-corrected chi connectivity index (χ1v) is 7.25. The highest BCUT2D eigenvalue weighted by Crippen LogP contribution is 2.22. The smallest absolute Gasteiger partial charge is 0.357 e. The van der Waals surface area contributed by atoms with E-state index in [2.05, 4.69) is 10.2 Å². The summed E-state index contributed by atoms with van der Waals surface area (Å²) in [6, 6.07) is 0. The molecular weight excluding hydrogens is 339 g/mol. The van der Waals surface area contributed by atoms with Crippen molar-refractivity contribution in [2.45, 2.75) is 12.6 Å². The summed E-state index contributed by atoms with van der Waals surface area (Å²) in [7, 11) is 0. The van der Waals surface area contributed by atoms with Crippen molar-refractivity contribution < 1.29 is 27.6 Å². The molecule has 0 aromatic heterocycles. The molecule has 1 amide bonds. The number of carbonyl (C=O) groups excluding carboxylic acids is 2. The minimum absolute atomic E-state index is 0.126. The van der Waals surface area contributed by atoms with Gasteiger partial charge in [-0.3, -0.25) is 4.79 Å². The number of rotatable bonds is 3. The normalized spacial score (nSPS) is 21.6. The van der Waals surface area contributed by atoms with E-state index in [4.69, 9.17) is 11.6 Å². The molecule has 0 bridgehead atoms. The molecule has 23 heavy (non-hydrogen) atoms. The van der Waals surface area contributed by atoms with Gasteiger partial charge in [-0.25, -0.2) is 4.79 Å². The molecule has 0 aliphatic carbocycles. The van der Waals surface area contributed by atoms with Gasteiger partial charge in [0, 0.05) is 18.7 Å². The lowest BCUT2D eigenvalue weighted by Gasteiger charge is -2.29. The SMILES string of the molecule is O=C(NOC(=O)C(F)(F)F)C1=CC=C(Cl)N(C[C@H]2CCNC2)C1. The molecule has 10 heteroatoms. The summed E-state index contributed by atoms with van der Waals surface area (Å²) in [6.07, 6.45) is -1.33. The van der Waals surface area contributed by atoms with Crippen molar-refractivity contribution in [1.82, 2.24) is 15.7 Å². The Kier molecular flexibility index (Phi) is 5.53. The van der Waals surface area contributed by atoms with Gasteiger partial charge in [-0.15, -0.1) is 0 Å². The minimum atomic E-state index is -5.17. The van der Waals surface area contributed by atoms with Gasteiger partial charge in [0.1, 0.15) is 5.16 Å². The molecule has 0 aromatic carbocycles. The van der Waals surface area contributed by atoms with Gasteiger partial charge < -0.3 is 15.1 Å². The van der Waals surface area contributed by atoms with Gasteiger partial charge in [-0.05, 0) is 37.6 Å². The van der Waals surface area contributed by atoms with Crippen molar-refractivity contribution in [3.63, 3.8) is 0 Å². The maximum atomic E-state index is 12.0. The van der Waals surface area contributed by atoms with Crippen molar-refractivity contribution in [3.8, 4) is 0 Å². The molecule has 2 aliphatic heterocycles. The zero-order chi connectivity index (χ0) is 17.0. The quantitative estimate of drug-likeness (QED) is 0.586. The maximum absolute atomic E-state index is 12.0. The van der Waals surface area contributed by atoms with E-state index in [1.165, 1.54) is 17.6 Å². The van der Waals surface area contributed by atoms with Crippen LogP contribution in [0.5, 0.6) is 0 Å². The topological polar surface area (TPSA) is 70.7 Å². The monoisotopic (exact) mass is 353 g/mol. The van der Waals surface area contributed by atoms with Crippen LogP contribution >= 0.6 is 11.6 Å². The largest absolute Gasteiger partial charge is 0.493 e. The van der Waals surface area contributed by atoms with Gasteiger partial charge in [-0.2, -0.15) is 18.7 Å². The molecule has 0 unspecified atom stereocenters. The van der Waals surface area contributed by atoms with E-state index in [-0.39, 0.29) is 12.1 Å². The first kappa shape index (κ1) is 17.6. The van der Waals surface area contributed by atoms with Crippen molar-refractivity contribution >= 4 is 23.5 Å². The Hall–Kier alpha value is -1.74. The number of hydrogen-bond acceptors (Lipinski definition) is 5. The van der Waals surface area contributed by atoms with Gasteiger partial charge in [0.15, 0.2) is 0 Å². The molecule has 0 spiro atoms. The van der Waals surface area contributed by atoms with E-state index in [1.54, 1.807) is 4.90 Å². The highest BCUT2D eigenvalue weighted by Gasteiger charge is 2.42. The van der Waals surface area contributed by atoms with Crippen LogP contribution < -0.4 is 10.8 Å². The summed E-state index contributed by atoms with van der Waals surface area (Å²) in [5.74, 6) is -3.02. The molecule has 1 fully saturated rings. The Labute approximate surface area is 135 Å². The molecule has 2 heterocycles. The van der Waals surface area contributed by atoms with Crippen LogP contribution in [-0.2, 0) is 14.4 Å². The van der Waals surface area contributed by atoms with E-state index >= 15 is 0 Å². The van der Waals surface area contributed by atoms with Crippen LogP contribution in [0.2, 0.25) is 0 Å². The summed E-state index contributed by atoms with van der Waals surface area (Å²) in [6.45, 7) is 2.50. The second-order valence-corrected chi connectivity index (χ2v) is 5.63. The Morgan fingerprint density at radius 2 is 2.17 bits per heavy atom. The number of halogens is 4. The second-order valence-electron chi connectivity index (χ2n) is 5.24. The third-order valence-corrected chi connectivity index (χ3v) is 3.85. The third kappa shape index (κ3) is 4.87. The predicted molar refractivity (Wildman–Crippen MR) is 74.9 cm³/mol. The molecule has 2 N–H and O–H groups in total. The van der Waals surface area contributed by atoms with E-state index in [0.717, 1.165) is 19.5 Å². The molecule has 6 nitrogen and oxygen atoms in total. The number of nitrogens with one attached hydrogen (secondary N) is 2. The Bertz CT molecular complexity index is 542. The summed E-state index contributed by atoms with van der Waals surface area (Å²) >= 11 is 6.07. The van der Waals surface area contributed by atoms with Crippen molar-refractivity contribution in [2.75, 3.05) is 26.2 Å². The molecular formula is C13H15ClF3N3O3. The first-order chi connectivity index (χ1) is 10.8. The van der Waals surface area contributed by atoms with Gasteiger partial charge in [0.25, 0.3) is 5.91 Å². The zero-order valence-electron chi connectivity index (χ0n) is 12.0. The van der Waals surface area contributed by atoms with Crippen molar-refractivity contribution in [3.05, 3.63) is 22.9 Å². The zero-order valence-corrected chi connectivity index (χ0v) is 12.7. The van der Waals surface area contributed by atoms with Gasteiger partial charge in [-0.1, -0.05) is 11.6 Å². The number of allylic oxidation sites excluding steroid dienone is 2. The van der Waals surface area contributed by atoms with Crippen molar-refractivity contribution in [2.24, 2.45) is 5.92 Å². The molecule has 2 aliphatic rings. The fourth-order valence-corrected chi connectivity index (χ4v) is 2.50. The molecule has 0 saturated carbocycles. The summed E-state index contributed by atoms with van der Waals surface area (Å²) in [5.41, 5.74) is 1.65. The van der Waals surface area contributed by atoms with Crippen LogP contribution in [0.25, 0.3) is 0 Å². The van der Waals surface area contributed by atoms with Crippen LogP contribution in [0.3, 0.4) is 0 Å². The van der Waals surface area contributed by atoms with Crippen LogP contribution in [0.4, 0.5) is 13.2 Å². The molecule has 1 atom stereocenters. The highest BCUT2D eigenvalue weighted by atomic mass is 35.5. The van der Waals surface area contributed by atoms with E-state index in [9.17, 15) is 22.8 Å². The average Bonchev–Trinajstić information content (AvgIpc) is 2.98. The van der Waals surface area contributed by atoms with Crippen LogP contribution in [0.15, 0.2) is 22.9 Å². The molecule has 0 aromatic rings. The maximum Gasteiger partial charge on any atom is 0.493 e. The van der Waals surface area contributed by atoms with Gasteiger partial charge in [0.2, 0.25) is 0 Å². The number of amides is 1. The highest BCUT2D eigenvalue weighted by molar-refractivity contribution is 6.29. The fourth-order valence-electron chi connectivity index (χ4n) is 2.31. The standard InChI is InChI=1S/C13H15ClF3N3O3/c14-10-2-1-9(7-20(10)6-8-3-4-18-5-8)11(21)19-23-12(22)13(15,16)17/h1-2,8,18H,3-7H2,(H,19,21)/t8-/m0/s1. The number of alkyl halides is 3. The van der Waals surface area contributed by atoms with Crippen LogP contribution in [0, 0.1) is 5.92 Å². The van der Waals surface area contributed by atoms with Gasteiger partial charge >= 0.3 is 12.1 Å². The van der Waals surface area contributed by atoms with E-state index in [0.29, 0.717) is 17.6 Å². The molecule has 128 valence electrons. The number of hydrogen-bond donors (Lipinski definition) is 2. The lowest BCUT2D eigenvalue weighted by atomic mass is 10.1. The lowest BCUT2D eigenvalue weighted by molar-refractivity contribution is -0.207. The van der Waals surface area contributed by atoms with Crippen molar-refractivity contribution in [1.29, 1.82) is 0 Å². The average molecular weight is 354 g/mol. The summed E-state index contributed by atoms with van der Waals surface area (Å²) in [5, 5.41) is 3.66. The Balaban J connectivity index is 1.89. The number of hydroxylamine groups is 1. The molecule has 2 rings (SSSR count). The van der Waals surface area contributed by atoms with Crippen LogP contribution in [-0.4, -0.2) is 49.1 Å². The Morgan fingerprint density at radius 1 is 1.43 bits per heavy atom. The fraction of sp³-hybridized carbons (Fsp3) is 0.538. The number of carbonyl (C=O) groups is 2. The number of nitrogens with zero attached hydrogens (tertiary/aromatic N) is 1. The molecule has 1 saturated heterocycles. The summed E-state index contributed by atoms with van der Waals surface area (Å²) in [4.78, 5) is 27.8. The minimum Gasteiger partial charge on any atom is -0.357 e. The van der Waals surface area contributed by atoms with E-state index in [1.807, 2.05) is 0 Å². The van der Waals surface area contributed by atoms with E-state index < -0.39 is 18.1 Å². The summed E-state index contributed by atoms with van der Waals surface area (Å²) < 4.78 is 36.0. The van der Waals surface area contributed by atoms with Crippen LogP contribution in [0.1, 0.15) is 6.42 Å². The second kappa shape index (κ2) is 7.22. The Morgan fingerprint density at radius 3 is 2.78 bits per heavy atom. The molecule has 0 radical (unpaired) electrons. The third-order valence-electron chi connectivity index (χ3n) is 3.49. The van der Waals surface area contributed by atoms with Gasteiger partial charge in [0.05, 0.1) is 0 Å².